The second kappa shape index (κ2) is 7.57. The Balaban J connectivity index is 1.54. The molecule has 7 nitrogen and oxygen atoms in total. The third-order valence-corrected chi connectivity index (χ3v) is 4.52. The van der Waals surface area contributed by atoms with E-state index < -0.39 is 5.97 Å². The van der Waals surface area contributed by atoms with Gasteiger partial charge in [0.25, 0.3) is 0 Å². The minimum atomic E-state index is -0.528. The lowest BCUT2D eigenvalue weighted by molar-refractivity contribution is -0.123. The molecule has 0 fully saturated rings. The van der Waals surface area contributed by atoms with Crippen LogP contribution in [0.2, 0.25) is 0 Å². The highest BCUT2D eigenvalue weighted by Gasteiger charge is 2.27. The number of ether oxygens (including phenoxy) is 1. The SMILES string of the molecule is CC[C@H]1c2cccn2CCN1CC(=O)NCc1ccc(C(=O)OC)o1. The first-order valence-electron chi connectivity index (χ1n) is 8.45. The minimum Gasteiger partial charge on any atom is -0.463 e. The van der Waals surface area contributed by atoms with Gasteiger partial charge in [-0.25, -0.2) is 4.79 Å². The van der Waals surface area contributed by atoms with E-state index in [1.54, 1.807) is 12.1 Å². The Bertz CT molecular complexity index is 749. The number of carbonyl (C=O) groups excluding carboxylic acids is 2. The van der Waals surface area contributed by atoms with E-state index in [0.717, 1.165) is 19.5 Å². The molecule has 0 saturated heterocycles. The first kappa shape index (κ1) is 17.3. The molecule has 0 aliphatic carbocycles. The van der Waals surface area contributed by atoms with Crippen LogP contribution in [0.15, 0.2) is 34.9 Å². The predicted molar refractivity (Wildman–Crippen MR) is 90.9 cm³/mol. The zero-order valence-corrected chi connectivity index (χ0v) is 14.5. The largest absolute Gasteiger partial charge is 0.463 e. The van der Waals surface area contributed by atoms with E-state index >= 15 is 0 Å². The fourth-order valence-corrected chi connectivity index (χ4v) is 3.28. The molecule has 2 aromatic heterocycles. The summed E-state index contributed by atoms with van der Waals surface area (Å²) in [6.07, 6.45) is 3.04. The van der Waals surface area contributed by atoms with E-state index in [0.29, 0.717) is 12.3 Å². The van der Waals surface area contributed by atoms with E-state index in [1.807, 2.05) is 0 Å². The van der Waals surface area contributed by atoms with E-state index in [1.165, 1.54) is 12.8 Å². The minimum absolute atomic E-state index is 0.0607. The average Bonchev–Trinajstić information content (AvgIpc) is 3.28. The maximum atomic E-state index is 12.3. The van der Waals surface area contributed by atoms with Gasteiger partial charge in [0.05, 0.1) is 26.2 Å². The summed E-state index contributed by atoms with van der Waals surface area (Å²) < 4.78 is 12.2. The zero-order chi connectivity index (χ0) is 17.8. The van der Waals surface area contributed by atoms with Gasteiger partial charge in [0.15, 0.2) is 0 Å². The number of aromatic nitrogens is 1. The molecule has 3 rings (SSSR count). The predicted octanol–water partition coefficient (Wildman–Crippen LogP) is 1.95. The Kier molecular flexibility index (Phi) is 5.23. The lowest BCUT2D eigenvalue weighted by Crippen LogP contribution is -2.43. The van der Waals surface area contributed by atoms with E-state index in [-0.39, 0.29) is 24.3 Å². The van der Waals surface area contributed by atoms with Gasteiger partial charge in [-0.15, -0.1) is 0 Å². The van der Waals surface area contributed by atoms with Crippen LogP contribution in [0.3, 0.4) is 0 Å². The fourth-order valence-electron chi connectivity index (χ4n) is 3.28. The number of methoxy groups -OCH3 is 1. The molecule has 25 heavy (non-hydrogen) atoms. The molecule has 1 aliphatic heterocycles. The van der Waals surface area contributed by atoms with Gasteiger partial charge in [-0.2, -0.15) is 0 Å². The topological polar surface area (TPSA) is 76.7 Å². The summed E-state index contributed by atoms with van der Waals surface area (Å²) in [5, 5.41) is 2.85. The molecule has 0 unspecified atom stereocenters. The van der Waals surface area contributed by atoms with Crippen molar-refractivity contribution in [3.63, 3.8) is 0 Å². The third-order valence-electron chi connectivity index (χ3n) is 4.52. The average molecular weight is 345 g/mol. The molecule has 134 valence electrons. The van der Waals surface area contributed by atoms with Crippen LogP contribution >= 0.6 is 0 Å². The quantitative estimate of drug-likeness (QED) is 0.810. The number of esters is 1. The number of rotatable bonds is 6. The van der Waals surface area contributed by atoms with Crippen molar-refractivity contribution in [2.45, 2.75) is 32.5 Å². The summed E-state index contributed by atoms with van der Waals surface area (Å²) in [6, 6.07) is 7.63. The smallest absolute Gasteiger partial charge is 0.373 e. The van der Waals surface area contributed by atoms with Gasteiger partial charge in [0.1, 0.15) is 5.76 Å². The zero-order valence-electron chi connectivity index (χ0n) is 14.5. The second-order valence-corrected chi connectivity index (χ2v) is 6.06. The number of hydrogen-bond acceptors (Lipinski definition) is 5. The normalized spacial score (nSPS) is 17.1. The van der Waals surface area contributed by atoms with Gasteiger partial charge < -0.3 is 19.0 Å². The highest BCUT2D eigenvalue weighted by Crippen LogP contribution is 2.28. The summed E-state index contributed by atoms with van der Waals surface area (Å²) in [7, 11) is 1.30. The Hall–Kier alpha value is -2.54. The Morgan fingerprint density at radius 3 is 2.92 bits per heavy atom. The van der Waals surface area contributed by atoms with Crippen LogP contribution in [-0.2, 0) is 22.6 Å². The van der Waals surface area contributed by atoms with Crippen molar-refractivity contribution >= 4 is 11.9 Å². The summed E-state index contributed by atoms with van der Waals surface area (Å²) in [5.74, 6) is 0.0667. The Morgan fingerprint density at radius 2 is 2.16 bits per heavy atom. The van der Waals surface area contributed by atoms with Crippen LogP contribution in [0.5, 0.6) is 0 Å². The molecule has 1 amide bonds. The maximum absolute atomic E-state index is 12.3. The molecule has 0 saturated carbocycles. The van der Waals surface area contributed by atoms with Crippen molar-refractivity contribution < 1.29 is 18.7 Å². The summed E-state index contributed by atoms with van der Waals surface area (Å²) >= 11 is 0. The molecule has 3 heterocycles. The molecule has 0 bridgehead atoms. The number of furan rings is 1. The lowest BCUT2D eigenvalue weighted by Gasteiger charge is -2.36. The van der Waals surface area contributed by atoms with Crippen LogP contribution in [0.4, 0.5) is 0 Å². The van der Waals surface area contributed by atoms with Gasteiger partial charge in [0, 0.05) is 25.0 Å². The molecule has 1 N–H and O–H groups in total. The van der Waals surface area contributed by atoms with Gasteiger partial charge >= 0.3 is 5.97 Å². The Labute approximate surface area is 146 Å². The van der Waals surface area contributed by atoms with E-state index in [2.05, 4.69) is 44.8 Å². The first-order valence-corrected chi connectivity index (χ1v) is 8.45. The van der Waals surface area contributed by atoms with Crippen LogP contribution < -0.4 is 5.32 Å². The molecule has 7 heteroatoms. The van der Waals surface area contributed by atoms with Crippen LogP contribution in [0, 0.1) is 0 Å². The summed E-state index contributed by atoms with van der Waals surface area (Å²) in [4.78, 5) is 25.9. The van der Waals surface area contributed by atoms with Gasteiger partial charge in [-0.3, -0.25) is 9.69 Å². The fraction of sp³-hybridized carbons (Fsp3) is 0.444. The summed E-state index contributed by atoms with van der Waals surface area (Å²) in [6.45, 7) is 4.47. The number of carbonyl (C=O) groups is 2. The lowest BCUT2D eigenvalue weighted by atomic mass is 10.1. The van der Waals surface area contributed by atoms with Gasteiger partial charge in [-0.1, -0.05) is 6.92 Å². The first-order chi connectivity index (χ1) is 12.1. The van der Waals surface area contributed by atoms with Crippen molar-refractivity contribution in [1.29, 1.82) is 0 Å². The highest BCUT2D eigenvalue weighted by molar-refractivity contribution is 5.86. The molecule has 0 aromatic carbocycles. The third kappa shape index (κ3) is 3.76. The number of amides is 1. The monoisotopic (exact) mass is 345 g/mol. The van der Waals surface area contributed by atoms with Crippen LogP contribution in [0.25, 0.3) is 0 Å². The molecule has 0 radical (unpaired) electrons. The van der Waals surface area contributed by atoms with Crippen LogP contribution in [-0.4, -0.2) is 41.5 Å². The maximum Gasteiger partial charge on any atom is 0.373 e. The van der Waals surface area contributed by atoms with E-state index in [9.17, 15) is 9.59 Å². The molecule has 1 atom stereocenters. The van der Waals surface area contributed by atoms with Gasteiger partial charge in [-0.05, 0) is 30.7 Å². The van der Waals surface area contributed by atoms with Crippen molar-refractivity contribution in [2.75, 3.05) is 20.2 Å². The van der Waals surface area contributed by atoms with Crippen molar-refractivity contribution in [3.8, 4) is 0 Å². The van der Waals surface area contributed by atoms with Crippen LogP contribution in [0.1, 0.15) is 41.4 Å². The highest BCUT2D eigenvalue weighted by atomic mass is 16.5. The molecular weight excluding hydrogens is 322 g/mol. The molecule has 0 spiro atoms. The second-order valence-electron chi connectivity index (χ2n) is 6.06. The van der Waals surface area contributed by atoms with Crippen molar-refractivity contribution in [2.24, 2.45) is 0 Å². The molecule has 1 aliphatic rings. The van der Waals surface area contributed by atoms with Gasteiger partial charge in [0.2, 0.25) is 11.7 Å². The van der Waals surface area contributed by atoms with E-state index in [4.69, 9.17) is 4.42 Å². The van der Waals surface area contributed by atoms with Crippen molar-refractivity contribution in [1.82, 2.24) is 14.8 Å². The number of nitrogens with zero attached hydrogens (tertiary/aromatic N) is 2. The number of fused-ring (bicyclic) bond motifs is 1. The molecule has 2 aromatic rings. The Morgan fingerprint density at radius 1 is 1.32 bits per heavy atom. The number of nitrogens with one attached hydrogen (secondary N) is 1. The number of hydrogen-bond donors (Lipinski definition) is 1. The van der Waals surface area contributed by atoms with Crippen molar-refractivity contribution in [3.05, 3.63) is 47.7 Å². The summed E-state index contributed by atoms with van der Waals surface area (Å²) in [5.41, 5.74) is 1.26. The molecular formula is C18H23N3O4. The standard InChI is InChI=1S/C18H23N3O4/c1-3-14-15-5-4-8-20(15)9-10-21(14)12-17(22)19-11-13-6-7-16(25-13)18(23)24-2/h4-8,14H,3,9-12H2,1-2H3,(H,19,22)/t14-/m0/s1.